The van der Waals surface area contributed by atoms with Crippen LogP contribution >= 0.6 is 0 Å². The van der Waals surface area contributed by atoms with E-state index < -0.39 is 5.85 Å². The minimum absolute atomic E-state index is 0.387. The second-order valence-electron chi connectivity index (χ2n) is 2.95. The van der Waals surface area contributed by atoms with Crippen LogP contribution in [0.2, 0.25) is 0 Å². The first-order valence-corrected chi connectivity index (χ1v) is 3.89. The molecule has 0 saturated carbocycles. The Morgan fingerprint density at radius 2 is 1.91 bits per heavy atom. The molecule has 3 N–H and O–H groups in total. The number of piperidine rings is 1. The highest BCUT2D eigenvalue weighted by molar-refractivity contribution is 5.60. The molecule has 0 aromatic heterocycles. The van der Waals surface area contributed by atoms with Crippen LogP contribution in [0.15, 0.2) is 0 Å². The van der Waals surface area contributed by atoms with Crippen LogP contribution in [0.4, 0.5) is 0 Å². The fourth-order valence-electron chi connectivity index (χ4n) is 1.33. The van der Waals surface area contributed by atoms with E-state index in [1.54, 1.807) is 4.90 Å². The normalized spacial score (nSPS) is 26.0. The highest BCUT2D eigenvalue weighted by atomic mass is 16.3. The summed E-state index contributed by atoms with van der Waals surface area (Å²) in [7, 11) is 0. The Morgan fingerprint density at radius 3 is 2.36 bits per heavy atom. The van der Waals surface area contributed by atoms with Crippen LogP contribution < -0.4 is 5.73 Å². The maximum absolute atomic E-state index is 10.3. The second kappa shape index (κ2) is 3.30. The molecular formula is C7H14N2O2. The van der Waals surface area contributed by atoms with Crippen molar-refractivity contribution in [3.05, 3.63) is 0 Å². The molecule has 0 aliphatic carbocycles. The first kappa shape index (κ1) is 8.64. The quantitative estimate of drug-likeness (QED) is 0.411. The van der Waals surface area contributed by atoms with E-state index in [4.69, 9.17) is 5.73 Å². The molecule has 0 spiro atoms. The van der Waals surface area contributed by atoms with Crippen molar-refractivity contribution < 1.29 is 9.90 Å². The van der Waals surface area contributed by atoms with Gasteiger partial charge in [0.1, 0.15) is 0 Å². The standard InChI is InChI=1S/C7H14N2O2/c8-7(11,6-10)9-4-2-1-3-5-9/h6,11H,1-5,8H2. The van der Waals surface area contributed by atoms with Crippen molar-refractivity contribution in [3.8, 4) is 0 Å². The summed E-state index contributed by atoms with van der Waals surface area (Å²) in [5, 5.41) is 9.28. The van der Waals surface area contributed by atoms with E-state index in [-0.39, 0.29) is 0 Å². The predicted molar refractivity (Wildman–Crippen MR) is 40.6 cm³/mol. The van der Waals surface area contributed by atoms with E-state index in [9.17, 15) is 9.90 Å². The van der Waals surface area contributed by atoms with E-state index in [1.165, 1.54) is 0 Å². The van der Waals surface area contributed by atoms with Crippen molar-refractivity contribution >= 4 is 6.29 Å². The molecule has 0 radical (unpaired) electrons. The lowest BCUT2D eigenvalue weighted by atomic mass is 10.1. The fraction of sp³-hybridized carbons (Fsp3) is 0.857. The van der Waals surface area contributed by atoms with Crippen LogP contribution in [0.3, 0.4) is 0 Å². The molecule has 0 bridgehead atoms. The molecule has 1 fully saturated rings. The Kier molecular flexibility index (Phi) is 2.59. The third-order valence-electron chi connectivity index (χ3n) is 2.04. The first-order chi connectivity index (χ1) is 5.17. The summed E-state index contributed by atoms with van der Waals surface area (Å²) < 4.78 is 0. The first-order valence-electron chi connectivity index (χ1n) is 3.89. The molecule has 1 aliphatic heterocycles. The average molecular weight is 158 g/mol. The molecule has 1 rings (SSSR count). The van der Waals surface area contributed by atoms with Crippen LogP contribution in [-0.4, -0.2) is 35.2 Å². The van der Waals surface area contributed by atoms with Crippen molar-refractivity contribution in [1.82, 2.24) is 4.90 Å². The van der Waals surface area contributed by atoms with E-state index >= 15 is 0 Å². The lowest BCUT2D eigenvalue weighted by Gasteiger charge is -2.34. The van der Waals surface area contributed by atoms with Gasteiger partial charge >= 0.3 is 0 Å². The van der Waals surface area contributed by atoms with Gasteiger partial charge in [0.05, 0.1) is 0 Å². The SMILES string of the molecule is NC(O)(C=O)N1CCCCC1. The molecule has 4 heteroatoms. The van der Waals surface area contributed by atoms with Crippen molar-refractivity contribution in [2.75, 3.05) is 13.1 Å². The van der Waals surface area contributed by atoms with E-state index in [0.717, 1.165) is 19.3 Å². The van der Waals surface area contributed by atoms with Crippen LogP contribution in [0, 0.1) is 0 Å². The van der Waals surface area contributed by atoms with E-state index in [0.29, 0.717) is 19.4 Å². The molecule has 1 unspecified atom stereocenters. The van der Waals surface area contributed by atoms with Crippen LogP contribution in [0.5, 0.6) is 0 Å². The number of carbonyl (C=O) groups excluding carboxylic acids is 1. The Hall–Kier alpha value is -0.450. The number of likely N-dealkylation sites (tertiary alicyclic amines) is 1. The molecule has 4 nitrogen and oxygen atoms in total. The molecule has 0 aromatic rings. The van der Waals surface area contributed by atoms with Gasteiger partial charge in [0.2, 0.25) is 5.85 Å². The van der Waals surface area contributed by atoms with Gasteiger partial charge < -0.3 is 5.11 Å². The minimum Gasteiger partial charge on any atom is -0.357 e. The third-order valence-corrected chi connectivity index (χ3v) is 2.04. The number of carbonyl (C=O) groups is 1. The maximum atomic E-state index is 10.3. The molecule has 1 aliphatic rings. The van der Waals surface area contributed by atoms with Gasteiger partial charge in [0, 0.05) is 13.1 Å². The number of nitrogens with two attached hydrogens (primary N) is 1. The molecule has 1 heterocycles. The van der Waals surface area contributed by atoms with Gasteiger partial charge in [-0.1, -0.05) is 6.42 Å². The summed E-state index contributed by atoms with van der Waals surface area (Å²) in [6, 6.07) is 0. The number of aldehydes is 1. The highest BCUT2D eigenvalue weighted by Gasteiger charge is 2.29. The molecule has 11 heavy (non-hydrogen) atoms. The van der Waals surface area contributed by atoms with Crippen LogP contribution in [0.25, 0.3) is 0 Å². The zero-order valence-electron chi connectivity index (χ0n) is 6.49. The second-order valence-corrected chi connectivity index (χ2v) is 2.95. The summed E-state index contributed by atoms with van der Waals surface area (Å²) >= 11 is 0. The van der Waals surface area contributed by atoms with Gasteiger partial charge in [0.25, 0.3) is 0 Å². The number of aliphatic hydroxyl groups is 1. The van der Waals surface area contributed by atoms with Gasteiger partial charge in [-0.25, -0.2) is 0 Å². The number of rotatable bonds is 2. The van der Waals surface area contributed by atoms with Gasteiger partial charge in [-0.05, 0) is 12.8 Å². The smallest absolute Gasteiger partial charge is 0.230 e. The molecule has 64 valence electrons. The minimum atomic E-state index is -1.74. The fourth-order valence-corrected chi connectivity index (χ4v) is 1.33. The van der Waals surface area contributed by atoms with Crippen molar-refractivity contribution in [3.63, 3.8) is 0 Å². The lowest BCUT2D eigenvalue weighted by molar-refractivity contribution is -0.148. The molecule has 0 amide bonds. The summed E-state index contributed by atoms with van der Waals surface area (Å²) in [5.41, 5.74) is 5.30. The number of hydrogen-bond acceptors (Lipinski definition) is 4. The number of nitrogens with zero attached hydrogens (tertiary/aromatic N) is 1. The van der Waals surface area contributed by atoms with Crippen molar-refractivity contribution in [2.24, 2.45) is 5.73 Å². The van der Waals surface area contributed by atoms with Gasteiger partial charge in [-0.15, -0.1) is 0 Å². The van der Waals surface area contributed by atoms with Gasteiger partial charge in [0.15, 0.2) is 6.29 Å². The van der Waals surface area contributed by atoms with Crippen LogP contribution in [-0.2, 0) is 4.79 Å². The summed E-state index contributed by atoms with van der Waals surface area (Å²) in [4.78, 5) is 11.9. The molecule has 1 saturated heterocycles. The Labute approximate surface area is 66.0 Å². The summed E-state index contributed by atoms with van der Waals surface area (Å²) in [6.07, 6.45) is 3.56. The lowest BCUT2D eigenvalue weighted by Crippen LogP contribution is -2.58. The third kappa shape index (κ3) is 1.99. The highest BCUT2D eigenvalue weighted by Crippen LogP contribution is 2.13. The summed E-state index contributed by atoms with van der Waals surface area (Å²) in [5.74, 6) is -1.74. The zero-order valence-corrected chi connectivity index (χ0v) is 6.49. The largest absolute Gasteiger partial charge is 0.357 e. The summed E-state index contributed by atoms with van der Waals surface area (Å²) in [6.45, 7) is 1.43. The van der Waals surface area contributed by atoms with Crippen molar-refractivity contribution in [1.29, 1.82) is 0 Å². The Balaban J connectivity index is 2.50. The maximum Gasteiger partial charge on any atom is 0.230 e. The predicted octanol–water partition coefficient (Wildman–Crippen LogP) is -0.724. The van der Waals surface area contributed by atoms with Gasteiger partial charge in [-0.3, -0.25) is 15.4 Å². The average Bonchev–Trinajstić information content (AvgIpc) is 2.06. The van der Waals surface area contributed by atoms with Gasteiger partial charge in [-0.2, -0.15) is 0 Å². The van der Waals surface area contributed by atoms with E-state index in [2.05, 4.69) is 0 Å². The zero-order chi connectivity index (χ0) is 8.32. The van der Waals surface area contributed by atoms with Crippen LogP contribution in [0.1, 0.15) is 19.3 Å². The van der Waals surface area contributed by atoms with Crippen molar-refractivity contribution in [2.45, 2.75) is 25.1 Å². The molecule has 0 aromatic carbocycles. The monoisotopic (exact) mass is 158 g/mol. The Bertz CT molecular complexity index is 141. The van der Waals surface area contributed by atoms with E-state index in [1.807, 2.05) is 0 Å². The Morgan fingerprint density at radius 1 is 1.36 bits per heavy atom. The number of hydrogen-bond donors (Lipinski definition) is 2. The topological polar surface area (TPSA) is 66.6 Å². The molecular weight excluding hydrogens is 144 g/mol. The molecule has 1 atom stereocenters.